The van der Waals surface area contributed by atoms with Crippen LogP contribution in [0, 0.1) is 0 Å². The first-order valence-electron chi connectivity index (χ1n) is 10.5. The van der Waals surface area contributed by atoms with E-state index in [0.717, 1.165) is 22.6 Å². The molecule has 2 amide bonds. The molecule has 0 fully saturated rings. The first-order chi connectivity index (χ1) is 16.5. The second-order valence-corrected chi connectivity index (χ2v) is 7.19. The number of hydrogen-bond donors (Lipinski definition) is 3. The van der Waals surface area contributed by atoms with Gasteiger partial charge in [0.25, 0.3) is 11.8 Å². The van der Waals surface area contributed by atoms with Crippen LogP contribution in [0.15, 0.2) is 66.7 Å². The molecule has 0 spiro atoms. The number of carbonyl (C=O) groups is 2. The molecule has 0 atom stereocenters. The van der Waals surface area contributed by atoms with Gasteiger partial charge >= 0.3 is 0 Å². The molecule has 0 bridgehead atoms. The SMILES string of the molecule is COc1ccc(COc2ccc(C(=O)NCC(=O)NN)cc2OCc2ccc(OC)cc2)cc1. The molecule has 0 heterocycles. The Morgan fingerprint density at radius 2 is 1.29 bits per heavy atom. The van der Waals surface area contributed by atoms with Gasteiger partial charge in [0.15, 0.2) is 11.5 Å². The van der Waals surface area contributed by atoms with Crippen LogP contribution in [0.5, 0.6) is 23.0 Å². The number of hydrazine groups is 1. The van der Waals surface area contributed by atoms with Crippen LogP contribution in [0.25, 0.3) is 0 Å². The number of benzene rings is 3. The molecule has 0 saturated heterocycles. The van der Waals surface area contributed by atoms with Crippen LogP contribution < -0.4 is 35.5 Å². The van der Waals surface area contributed by atoms with Crippen molar-refractivity contribution in [2.75, 3.05) is 20.8 Å². The normalized spacial score (nSPS) is 10.2. The molecule has 4 N–H and O–H groups in total. The molecule has 34 heavy (non-hydrogen) atoms. The fraction of sp³-hybridized carbons (Fsp3) is 0.200. The minimum atomic E-state index is -0.510. The second-order valence-electron chi connectivity index (χ2n) is 7.19. The van der Waals surface area contributed by atoms with Crippen molar-refractivity contribution in [2.24, 2.45) is 5.84 Å². The number of nitrogens with one attached hydrogen (secondary N) is 2. The molecule has 178 valence electrons. The Balaban J connectivity index is 1.75. The van der Waals surface area contributed by atoms with Gasteiger partial charge in [0.1, 0.15) is 24.7 Å². The minimum absolute atomic E-state index is 0.243. The zero-order chi connectivity index (χ0) is 24.3. The Labute approximate surface area is 197 Å². The summed E-state index contributed by atoms with van der Waals surface area (Å²) in [6.45, 7) is 0.307. The smallest absolute Gasteiger partial charge is 0.253 e. The topological polar surface area (TPSA) is 121 Å². The maximum absolute atomic E-state index is 12.5. The lowest BCUT2D eigenvalue weighted by atomic mass is 10.1. The van der Waals surface area contributed by atoms with Crippen molar-refractivity contribution in [1.82, 2.24) is 10.7 Å². The zero-order valence-corrected chi connectivity index (χ0v) is 19.0. The van der Waals surface area contributed by atoms with Gasteiger partial charge < -0.3 is 24.3 Å². The number of nitrogens with two attached hydrogens (primary N) is 1. The Hall–Kier alpha value is -4.24. The molecule has 3 aromatic carbocycles. The third kappa shape index (κ3) is 6.88. The summed E-state index contributed by atoms with van der Waals surface area (Å²) in [4.78, 5) is 23.8. The summed E-state index contributed by atoms with van der Waals surface area (Å²) in [6.07, 6.45) is 0. The lowest BCUT2D eigenvalue weighted by Gasteiger charge is -2.15. The number of ether oxygens (including phenoxy) is 4. The van der Waals surface area contributed by atoms with E-state index < -0.39 is 11.8 Å². The molecule has 0 unspecified atom stereocenters. The Morgan fingerprint density at radius 1 is 0.765 bits per heavy atom. The summed E-state index contributed by atoms with van der Waals surface area (Å²) >= 11 is 0. The number of hydrogen-bond acceptors (Lipinski definition) is 7. The van der Waals surface area contributed by atoms with Gasteiger partial charge in [0, 0.05) is 5.56 Å². The Bertz CT molecular complexity index is 1100. The quantitative estimate of drug-likeness (QED) is 0.226. The van der Waals surface area contributed by atoms with Gasteiger partial charge in [-0.2, -0.15) is 0 Å². The van der Waals surface area contributed by atoms with E-state index in [0.29, 0.717) is 23.7 Å². The molecule has 9 heteroatoms. The van der Waals surface area contributed by atoms with Crippen LogP contribution in [0.2, 0.25) is 0 Å². The molecular weight excluding hydrogens is 438 g/mol. The lowest BCUT2D eigenvalue weighted by molar-refractivity contribution is -0.120. The third-order valence-electron chi connectivity index (χ3n) is 4.88. The fourth-order valence-corrected chi connectivity index (χ4v) is 2.96. The zero-order valence-electron chi connectivity index (χ0n) is 19.0. The van der Waals surface area contributed by atoms with Crippen molar-refractivity contribution in [3.8, 4) is 23.0 Å². The molecule has 0 aliphatic rings. The molecule has 9 nitrogen and oxygen atoms in total. The average Bonchev–Trinajstić information content (AvgIpc) is 2.89. The van der Waals surface area contributed by atoms with E-state index >= 15 is 0 Å². The molecule has 3 rings (SSSR count). The van der Waals surface area contributed by atoms with Gasteiger partial charge in [-0.25, -0.2) is 5.84 Å². The van der Waals surface area contributed by atoms with Crippen molar-refractivity contribution in [3.63, 3.8) is 0 Å². The first-order valence-corrected chi connectivity index (χ1v) is 10.5. The van der Waals surface area contributed by atoms with Gasteiger partial charge in [-0.15, -0.1) is 0 Å². The molecule has 0 radical (unpaired) electrons. The summed E-state index contributed by atoms with van der Waals surface area (Å²) in [6, 6.07) is 19.8. The summed E-state index contributed by atoms with van der Waals surface area (Å²) in [5.41, 5.74) is 4.13. The predicted octanol–water partition coefficient (Wildman–Crippen LogP) is 2.58. The van der Waals surface area contributed by atoms with Gasteiger partial charge in [-0.1, -0.05) is 24.3 Å². The minimum Gasteiger partial charge on any atom is -0.497 e. The largest absolute Gasteiger partial charge is 0.497 e. The number of carbonyl (C=O) groups excluding carboxylic acids is 2. The highest BCUT2D eigenvalue weighted by molar-refractivity contribution is 5.97. The predicted molar refractivity (Wildman–Crippen MR) is 126 cm³/mol. The number of methoxy groups -OCH3 is 2. The van der Waals surface area contributed by atoms with Crippen LogP contribution in [-0.4, -0.2) is 32.6 Å². The molecular formula is C25H27N3O6. The Morgan fingerprint density at radius 3 is 1.79 bits per heavy atom. The van der Waals surface area contributed by atoms with Crippen molar-refractivity contribution in [3.05, 3.63) is 83.4 Å². The standard InChI is InChI=1S/C25H27N3O6/c1-31-20-8-3-17(4-9-20)15-33-22-12-7-19(25(30)27-14-24(29)28-26)13-23(22)34-16-18-5-10-21(32-2)11-6-18/h3-13H,14-16,26H2,1-2H3,(H,27,30)(H,28,29). The van der Waals surface area contributed by atoms with E-state index in [1.165, 1.54) is 0 Å². The number of amides is 2. The maximum atomic E-state index is 12.5. The first kappa shape index (κ1) is 24.4. The van der Waals surface area contributed by atoms with Crippen molar-refractivity contribution in [2.45, 2.75) is 13.2 Å². The molecule has 0 aromatic heterocycles. The van der Waals surface area contributed by atoms with Crippen molar-refractivity contribution < 1.29 is 28.5 Å². The highest BCUT2D eigenvalue weighted by atomic mass is 16.5. The van der Waals surface area contributed by atoms with E-state index in [4.69, 9.17) is 24.8 Å². The second kappa shape index (κ2) is 12.1. The van der Waals surface area contributed by atoms with E-state index in [2.05, 4.69) is 5.32 Å². The average molecular weight is 466 g/mol. The van der Waals surface area contributed by atoms with E-state index in [9.17, 15) is 9.59 Å². The summed E-state index contributed by atoms with van der Waals surface area (Å²) in [5, 5.41) is 2.50. The Kier molecular flexibility index (Phi) is 8.70. The third-order valence-corrected chi connectivity index (χ3v) is 4.88. The van der Waals surface area contributed by atoms with E-state index in [-0.39, 0.29) is 13.2 Å². The monoisotopic (exact) mass is 465 g/mol. The molecule has 0 aliphatic heterocycles. The van der Waals surface area contributed by atoms with Crippen LogP contribution in [0.4, 0.5) is 0 Å². The van der Waals surface area contributed by atoms with Crippen LogP contribution in [-0.2, 0) is 18.0 Å². The van der Waals surface area contributed by atoms with Crippen LogP contribution in [0.3, 0.4) is 0 Å². The maximum Gasteiger partial charge on any atom is 0.253 e. The molecule has 0 aliphatic carbocycles. The van der Waals surface area contributed by atoms with Gasteiger partial charge in [-0.05, 0) is 53.6 Å². The van der Waals surface area contributed by atoms with E-state index in [1.807, 2.05) is 54.0 Å². The van der Waals surface area contributed by atoms with Crippen molar-refractivity contribution >= 4 is 11.8 Å². The highest BCUT2D eigenvalue weighted by Crippen LogP contribution is 2.30. The van der Waals surface area contributed by atoms with Gasteiger partial charge in [-0.3, -0.25) is 15.0 Å². The van der Waals surface area contributed by atoms with E-state index in [1.54, 1.807) is 32.4 Å². The van der Waals surface area contributed by atoms with Crippen LogP contribution >= 0.6 is 0 Å². The van der Waals surface area contributed by atoms with Crippen LogP contribution in [0.1, 0.15) is 21.5 Å². The molecule has 3 aromatic rings. The van der Waals surface area contributed by atoms with Crippen molar-refractivity contribution in [1.29, 1.82) is 0 Å². The lowest BCUT2D eigenvalue weighted by Crippen LogP contribution is -2.40. The molecule has 0 saturated carbocycles. The van der Waals surface area contributed by atoms with Gasteiger partial charge in [0.2, 0.25) is 0 Å². The highest BCUT2D eigenvalue weighted by Gasteiger charge is 2.13. The fourth-order valence-electron chi connectivity index (χ4n) is 2.96. The summed E-state index contributed by atoms with van der Waals surface area (Å²) < 4.78 is 22.3. The summed E-state index contributed by atoms with van der Waals surface area (Å²) in [7, 11) is 3.21. The van der Waals surface area contributed by atoms with Gasteiger partial charge in [0.05, 0.1) is 20.8 Å². The summed E-state index contributed by atoms with van der Waals surface area (Å²) in [5.74, 6) is 6.45. The number of rotatable bonds is 11.